The summed E-state index contributed by atoms with van der Waals surface area (Å²) in [6.45, 7) is 0. The second kappa shape index (κ2) is 8.52. The maximum absolute atomic E-state index is 12.6. The fourth-order valence-corrected chi connectivity index (χ4v) is 2.41. The highest BCUT2D eigenvalue weighted by Gasteiger charge is 2.29. The molecule has 30 heavy (non-hydrogen) atoms. The summed E-state index contributed by atoms with van der Waals surface area (Å²) in [6.07, 6.45) is -4.45. The maximum Gasteiger partial charge on any atom is 0.416 e. The minimum Gasteiger partial charge on any atom is -0.457 e. The van der Waals surface area contributed by atoms with E-state index in [2.05, 4.69) is 10.6 Å². The number of hydrogen-bond donors (Lipinski definition) is 2. The van der Waals surface area contributed by atoms with E-state index in [0.29, 0.717) is 17.2 Å². The third-order valence-electron chi connectivity index (χ3n) is 3.87. The fourth-order valence-electron chi connectivity index (χ4n) is 2.41. The lowest BCUT2D eigenvalue weighted by atomic mass is 10.2. The second-order valence-electron chi connectivity index (χ2n) is 6.03. The van der Waals surface area contributed by atoms with Crippen LogP contribution in [0.5, 0.6) is 11.5 Å². The molecule has 0 bridgehead atoms. The molecule has 10 heteroatoms. The monoisotopic (exact) mass is 417 g/mol. The van der Waals surface area contributed by atoms with Crippen LogP contribution in [-0.4, -0.2) is 11.0 Å². The van der Waals surface area contributed by atoms with E-state index in [-0.39, 0.29) is 11.4 Å². The molecule has 0 spiro atoms. The Morgan fingerprint density at radius 3 is 1.67 bits per heavy atom. The molecule has 0 atom stereocenters. The number of hydrogen-bond acceptors (Lipinski definition) is 4. The molecule has 0 aliphatic rings. The minimum atomic E-state index is -4.45. The van der Waals surface area contributed by atoms with Crippen molar-refractivity contribution < 1.29 is 27.6 Å². The van der Waals surface area contributed by atoms with E-state index in [0.717, 1.165) is 24.3 Å². The Balaban J connectivity index is 1.56. The van der Waals surface area contributed by atoms with Crippen molar-refractivity contribution in [2.24, 2.45) is 0 Å². The molecule has 0 fully saturated rings. The molecule has 0 radical (unpaired) electrons. The van der Waals surface area contributed by atoms with Crippen molar-refractivity contribution in [3.05, 3.63) is 88.5 Å². The van der Waals surface area contributed by atoms with Crippen LogP contribution in [0.15, 0.2) is 72.8 Å². The molecule has 2 amide bonds. The Labute approximate surface area is 168 Å². The van der Waals surface area contributed by atoms with Gasteiger partial charge >= 0.3 is 12.2 Å². The van der Waals surface area contributed by atoms with Crippen molar-refractivity contribution in [2.75, 3.05) is 10.6 Å². The van der Waals surface area contributed by atoms with Gasteiger partial charge in [-0.15, -0.1) is 0 Å². The summed E-state index contributed by atoms with van der Waals surface area (Å²) in [6, 6.07) is 15.3. The Bertz CT molecular complexity index is 1030. The summed E-state index contributed by atoms with van der Waals surface area (Å²) in [4.78, 5) is 22.1. The number of nitro benzene ring substituents is 1. The van der Waals surface area contributed by atoms with Crippen LogP contribution in [-0.2, 0) is 6.18 Å². The smallest absolute Gasteiger partial charge is 0.416 e. The number of amides is 2. The first kappa shape index (κ1) is 20.6. The molecular formula is C20H14F3N3O4. The van der Waals surface area contributed by atoms with Gasteiger partial charge in [0.25, 0.3) is 5.69 Å². The van der Waals surface area contributed by atoms with Crippen molar-refractivity contribution in [3.8, 4) is 11.5 Å². The zero-order valence-electron chi connectivity index (χ0n) is 15.1. The first-order valence-electron chi connectivity index (χ1n) is 8.48. The molecule has 0 aromatic heterocycles. The van der Waals surface area contributed by atoms with Gasteiger partial charge in [-0.2, -0.15) is 13.2 Å². The van der Waals surface area contributed by atoms with E-state index in [1.165, 1.54) is 24.3 Å². The molecule has 2 N–H and O–H groups in total. The van der Waals surface area contributed by atoms with Gasteiger partial charge in [-0.3, -0.25) is 10.1 Å². The van der Waals surface area contributed by atoms with Gasteiger partial charge in [0, 0.05) is 23.5 Å². The summed E-state index contributed by atoms with van der Waals surface area (Å²) in [5, 5.41) is 15.6. The normalized spacial score (nSPS) is 10.9. The highest BCUT2D eigenvalue weighted by atomic mass is 19.4. The number of nitrogens with zero attached hydrogens (tertiary/aromatic N) is 1. The molecule has 0 saturated heterocycles. The number of alkyl halides is 3. The number of urea groups is 1. The average molecular weight is 417 g/mol. The van der Waals surface area contributed by atoms with Crippen LogP contribution in [0.3, 0.4) is 0 Å². The summed E-state index contributed by atoms with van der Waals surface area (Å²) in [5.74, 6) is 0.846. The molecule has 0 aliphatic heterocycles. The quantitative estimate of drug-likeness (QED) is 0.390. The van der Waals surface area contributed by atoms with Crippen molar-refractivity contribution in [1.29, 1.82) is 0 Å². The number of carbonyl (C=O) groups is 1. The number of anilines is 2. The molecule has 3 rings (SSSR count). The Kier molecular flexibility index (Phi) is 5.86. The van der Waals surface area contributed by atoms with Gasteiger partial charge in [-0.1, -0.05) is 0 Å². The van der Waals surface area contributed by atoms with Gasteiger partial charge in [-0.25, -0.2) is 4.79 Å². The molecule has 7 nitrogen and oxygen atoms in total. The van der Waals surface area contributed by atoms with Gasteiger partial charge in [-0.05, 0) is 60.7 Å². The SMILES string of the molecule is O=C(Nc1ccc(Oc2ccc([N+](=O)[O-])cc2)cc1)Nc1ccc(C(F)(F)F)cc1. The molecule has 3 aromatic carbocycles. The van der Waals surface area contributed by atoms with E-state index in [9.17, 15) is 28.1 Å². The van der Waals surface area contributed by atoms with E-state index >= 15 is 0 Å². The minimum absolute atomic E-state index is 0.0547. The Hall–Kier alpha value is -4.08. The van der Waals surface area contributed by atoms with E-state index in [1.807, 2.05) is 0 Å². The largest absolute Gasteiger partial charge is 0.457 e. The topological polar surface area (TPSA) is 93.5 Å². The second-order valence-corrected chi connectivity index (χ2v) is 6.03. The van der Waals surface area contributed by atoms with Crippen molar-refractivity contribution in [2.45, 2.75) is 6.18 Å². The van der Waals surface area contributed by atoms with Crippen LogP contribution in [0.4, 0.5) is 35.0 Å². The van der Waals surface area contributed by atoms with Crippen LogP contribution >= 0.6 is 0 Å². The lowest BCUT2D eigenvalue weighted by Gasteiger charge is -2.10. The van der Waals surface area contributed by atoms with Gasteiger partial charge in [0.05, 0.1) is 10.5 Å². The van der Waals surface area contributed by atoms with Crippen LogP contribution in [0, 0.1) is 10.1 Å². The van der Waals surface area contributed by atoms with E-state index in [4.69, 9.17) is 4.74 Å². The first-order chi connectivity index (χ1) is 14.2. The van der Waals surface area contributed by atoms with Crippen molar-refractivity contribution in [3.63, 3.8) is 0 Å². The fraction of sp³-hybridized carbons (Fsp3) is 0.0500. The van der Waals surface area contributed by atoms with Crippen molar-refractivity contribution in [1.82, 2.24) is 0 Å². The van der Waals surface area contributed by atoms with Gasteiger partial charge in [0.15, 0.2) is 0 Å². The summed E-state index contributed by atoms with van der Waals surface area (Å²) in [5.41, 5.74) is -0.230. The zero-order valence-corrected chi connectivity index (χ0v) is 15.1. The number of nitro groups is 1. The third-order valence-corrected chi connectivity index (χ3v) is 3.87. The molecular weight excluding hydrogens is 403 g/mol. The van der Waals surface area contributed by atoms with E-state index < -0.39 is 22.7 Å². The first-order valence-corrected chi connectivity index (χ1v) is 8.48. The molecule has 0 saturated carbocycles. The predicted octanol–water partition coefficient (Wildman–Crippen LogP) is 6.05. The molecule has 3 aromatic rings. The van der Waals surface area contributed by atoms with E-state index in [1.54, 1.807) is 24.3 Å². The third kappa shape index (κ3) is 5.47. The standard InChI is InChI=1S/C20H14F3N3O4/c21-20(22,23)13-1-3-14(4-2-13)24-19(27)25-15-5-9-17(10-6-15)30-18-11-7-16(8-12-18)26(28)29/h1-12H,(H2,24,25,27). The molecule has 0 unspecified atom stereocenters. The van der Waals surface area contributed by atoms with Crippen molar-refractivity contribution >= 4 is 23.1 Å². The van der Waals surface area contributed by atoms with Gasteiger partial charge in [0.2, 0.25) is 0 Å². The number of rotatable bonds is 5. The molecule has 0 heterocycles. The highest BCUT2D eigenvalue weighted by Crippen LogP contribution is 2.30. The van der Waals surface area contributed by atoms with Crippen LogP contribution in [0.25, 0.3) is 0 Å². The zero-order chi connectivity index (χ0) is 21.7. The van der Waals surface area contributed by atoms with Crippen LogP contribution in [0.1, 0.15) is 5.56 Å². The van der Waals surface area contributed by atoms with Gasteiger partial charge in [0.1, 0.15) is 11.5 Å². The van der Waals surface area contributed by atoms with Crippen LogP contribution < -0.4 is 15.4 Å². The number of benzene rings is 3. The molecule has 0 aliphatic carbocycles. The maximum atomic E-state index is 12.6. The Morgan fingerprint density at radius 2 is 1.23 bits per heavy atom. The molecule has 154 valence electrons. The number of non-ortho nitro benzene ring substituents is 1. The summed E-state index contributed by atoms with van der Waals surface area (Å²) in [7, 11) is 0. The van der Waals surface area contributed by atoms with Crippen LogP contribution in [0.2, 0.25) is 0 Å². The lowest BCUT2D eigenvalue weighted by molar-refractivity contribution is -0.384. The summed E-state index contributed by atoms with van der Waals surface area (Å²) < 4.78 is 43.2. The number of ether oxygens (including phenoxy) is 1. The number of carbonyl (C=O) groups excluding carboxylic acids is 1. The number of halogens is 3. The number of nitrogens with one attached hydrogen (secondary N) is 2. The summed E-state index contributed by atoms with van der Waals surface area (Å²) >= 11 is 0. The van der Waals surface area contributed by atoms with Gasteiger partial charge < -0.3 is 15.4 Å². The highest BCUT2D eigenvalue weighted by molar-refractivity contribution is 5.99. The Morgan fingerprint density at radius 1 is 0.800 bits per heavy atom. The predicted molar refractivity (Wildman–Crippen MR) is 104 cm³/mol. The average Bonchev–Trinajstić information content (AvgIpc) is 2.69. The lowest BCUT2D eigenvalue weighted by Crippen LogP contribution is -2.19.